The third kappa shape index (κ3) is 3.87. The van der Waals surface area contributed by atoms with Crippen LogP contribution in [0.2, 0.25) is 0 Å². The molecule has 2 aliphatic rings. The number of carbonyl (C=O) groups excluding carboxylic acids is 2. The summed E-state index contributed by atoms with van der Waals surface area (Å²) in [5.41, 5.74) is 1.06. The minimum absolute atomic E-state index is 0.130. The summed E-state index contributed by atoms with van der Waals surface area (Å²) in [7, 11) is 3.81. The molecule has 2 fully saturated rings. The van der Waals surface area contributed by atoms with Gasteiger partial charge < -0.3 is 15.1 Å². The molecule has 2 unspecified atom stereocenters. The lowest BCUT2D eigenvalue weighted by Gasteiger charge is -2.42. The summed E-state index contributed by atoms with van der Waals surface area (Å²) < 4.78 is 0. The lowest BCUT2D eigenvalue weighted by atomic mass is 9.83. The second-order valence-corrected chi connectivity index (χ2v) is 7.33. The Labute approximate surface area is 150 Å². The monoisotopic (exact) mass is 343 g/mol. The van der Waals surface area contributed by atoms with Gasteiger partial charge in [0.2, 0.25) is 11.8 Å². The molecule has 1 aromatic rings. The smallest absolute Gasteiger partial charge is 0.228 e. The van der Waals surface area contributed by atoms with Gasteiger partial charge in [0.25, 0.3) is 0 Å². The van der Waals surface area contributed by atoms with Gasteiger partial charge in [-0.25, -0.2) is 0 Å². The largest absolute Gasteiger partial charge is 0.342 e. The van der Waals surface area contributed by atoms with E-state index in [1.54, 1.807) is 4.90 Å². The topological polar surface area (TPSA) is 52.7 Å². The van der Waals surface area contributed by atoms with Gasteiger partial charge in [0.1, 0.15) is 0 Å². The molecule has 2 atom stereocenters. The van der Waals surface area contributed by atoms with Gasteiger partial charge in [0.15, 0.2) is 0 Å². The van der Waals surface area contributed by atoms with E-state index < -0.39 is 0 Å². The Kier molecular flexibility index (Phi) is 5.74. The molecule has 0 saturated carbocycles. The van der Waals surface area contributed by atoms with Crippen LogP contribution in [0.1, 0.15) is 37.3 Å². The zero-order valence-corrected chi connectivity index (χ0v) is 15.3. The van der Waals surface area contributed by atoms with Crippen LogP contribution in [-0.4, -0.2) is 55.3 Å². The van der Waals surface area contributed by atoms with Crippen LogP contribution >= 0.6 is 0 Å². The van der Waals surface area contributed by atoms with Crippen molar-refractivity contribution in [3.8, 4) is 0 Å². The predicted octanol–water partition coefficient (Wildman–Crippen LogP) is 2.05. The molecule has 5 nitrogen and oxygen atoms in total. The van der Waals surface area contributed by atoms with Gasteiger partial charge in [-0.1, -0.05) is 30.3 Å². The van der Waals surface area contributed by atoms with Crippen LogP contribution in [0.4, 0.5) is 0 Å². The fraction of sp³-hybridized carbons (Fsp3) is 0.600. The Balaban J connectivity index is 1.75. The molecule has 5 heteroatoms. The lowest BCUT2D eigenvalue weighted by Crippen LogP contribution is -2.49. The number of amides is 2. The van der Waals surface area contributed by atoms with E-state index in [0.29, 0.717) is 18.8 Å². The average Bonchev–Trinajstić information content (AvgIpc) is 2.65. The number of hydrogen-bond acceptors (Lipinski definition) is 3. The maximum atomic E-state index is 13.2. The van der Waals surface area contributed by atoms with E-state index in [1.807, 2.05) is 49.3 Å². The number of carbonyl (C=O) groups is 2. The first-order chi connectivity index (χ1) is 12.1. The van der Waals surface area contributed by atoms with Crippen molar-refractivity contribution in [3.63, 3.8) is 0 Å². The molecule has 3 rings (SSSR count). The molecule has 0 bridgehead atoms. The van der Waals surface area contributed by atoms with Crippen molar-refractivity contribution < 1.29 is 9.59 Å². The predicted molar refractivity (Wildman–Crippen MR) is 97.9 cm³/mol. The minimum atomic E-state index is -0.148. The number of benzene rings is 1. The fourth-order valence-electron chi connectivity index (χ4n) is 4.28. The van der Waals surface area contributed by atoms with Crippen LogP contribution in [-0.2, 0) is 9.59 Å². The first-order valence-corrected chi connectivity index (χ1v) is 9.35. The number of rotatable bonds is 4. The highest BCUT2D eigenvalue weighted by Crippen LogP contribution is 2.37. The summed E-state index contributed by atoms with van der Waals surface area (Å²) in [5.74, 6) is 0.877. The van der Waals surface area contributed by atoms with Crippen LogP contribution in [0.5, 0.6) is 0 Å². The van der Waals surface area contributed by atoms with Gasteiger partial charge in [-0.2, -0.15) is 0 Å². The van der Waals surface area contributed by atoms with Crippen LogP contribution in [0.15, 0.2) is 30.3 Å². The second kappa shape index (κ2) is 8.00. The third-order valence-electron chi connectivity index (χ3n) is 5.74. The average molecular weight is 343 g/mol. The van der Waals surface area contributed by atoms with E-state index in [1.165, 1.54) is 0 Å². The van der Waals surface area contributed by atoms with Crippen molar-refractivity contribution in [2.24, 2.45) is 11.8 Å². The SMILES string of the molecule is CNCC1CCN(C(=O)C2CCC(=O)N(C)C2c2ccccc2)CC1. The second-order valence-electron chi connectivity index (χ2n) is 7.33. The molecule has 1 aromatic carbocycles. The molecule has 1 N–H and O–H groups in total. The van der Waals surface area contributed by atoms with E-state index >= 15 is 0 Å². The van der Waals surface area contributed by atoms with E-state index in [4.69, 9.17) is 0 Å². The van der Waals surface area contributed by atoms with E-state index in [2.05, 4.69) is 5.32 Å². The van der Waals surface area contributed by atoms with Gasteiger partial charge in [0.05, 0.1) is 12.0 Å². The Morgan fingerprint density at radius 2 is 1.84 bits per heavy atom. The van der Waals surface area contributed by atoms with Gasteiger partial charge in [0, 0.05) is 26.6 Å². The van der Waals surface area contributed by atoms with Crippen LogP contribution in [0, 0.1) is 11.8 Å². The molecule has 2 amide bonds. The lowest BCUT2D eigenvalue weighted by molar-refractivity contribution is -0.147. The molecule has 136 valence electrons. The summed E-state index contributed by atoms with van der Waals surface area (Å²) in [4.78, 5) is 29.3. The number of likely N-dealkylation sites (tertiary alicyclic amines) is 2. The Morgan fingerprint density at radius 1 is 1.16 bits per heavy atom. The van der Waals surface area contributed by atoms with Crippen molar-refractivity contribution >= 4 is 11.8 Å². The summed E-state index contributed by atoms with van der Waals surface area (Å²) in [6.45, 7) is 2.69. The number of nitrogens with one attached hydrogen (secondary N) is 1. The van der Waals surface area contributed by atoms with Crippen molar-refractivity contribution in [1.29, 1.82) is 0 Å². The zero-order chi connectivity index (χ0) is 17.8. The zero-order valence-electron chi connectivity index (χ0n) is 15.3. The van der Waals surface area contributed by atoms with Crippen molar-refractivity contribution in [3.05, 3.63) is 35.9 Å². The molecule has 25 heavy (non-hydrogen) atoms. The quantitative estimate of drug-likeness (QED) is 0.910. The highest BCUT2D eigenvalue weighted by Gasteiger charge is 2.41. The fourth-order valence-corrected chi connectivity index (χ4v) is 4.28. The molecule has 2 aliphatic heterocycles. The summed E-state index contributed by atoms with van der Waals surface area (Å²) >= 11 is 0. The molecular formula is C20H29N3O2. The van der Waals surface area contributed by atoms with Crippen LogP contribution in [0.25, 0.3) is 0 Å². The molecule has 0 radical (unpaired) electrons. The van der Waals surface area contributed by atoms with E-state index in [-0.39, 0.29) is 23.8 Å². The number of nitrogens with zero attached hydrogens (tertiary/aromatic N) is 2. The molecule has 0 aliphatic carbocycles. The first-order valence-electron chi connectivity index (χ1n) is 9.35. The minimum Gasteiger partial charge on any atom is -0.342 e. The first kappa shape index (κ1) is 17.9. The molecular weight excluding hydrogens is 314 g/mol. The van der Waals surface area contributed by atoms with Crippen LogP contribution in [0.3, 0.4) is 0 Å². The molecule has 2 saturated heterocycles. The van der Waals surface area contributed by atoms with Gasteiger partial charge >= 0.3 is 0 Å². The van der Waals surface area contributed by atoms with Crippen molar-refractivity contribution in [2.45, 2.75) is 31.7 Å². The molecule has 0 aromatic heterocycles. The standard InChI is InChI=1S/C20H29N3O2/c1-21-14-15-10-12-23(13-11-15)20(25)17-8-9-18(24)22(2)19(17)16-6-4-3-5-7-16/h3-7,15,17,19,21H,8-14H2,1-2H3. The van der Waals surface area contributed by atoms with Gasteiger partial charge in [-0.15, -0.1) is 0 Å². The van der Waals surface area contributed by atoms with Gasteiger partial charge in [-0.05, 0) is 44.3 Å². The van der Waals surface area contributed by atoms with Crippen LogP contribution < -0.4 is 5.32 Å². The molecule has 2 heterocycles. The molecule has 0 spiro atoms. The third-order valence-corrected chi connectivity index (χ3v) is 5.74. The van der Waals surface area contributed by atoms with Crippen molar-refractivity contribution in [2.75, 3.05) is 33.7 Å². The summed E-state index contributed by atoms with van der Waals surface area (Å²) in [6, 6.07) is 9.83. The highest BCUT2D eigenvalue weighted by atomic mass is 16.2. The van der Waals surface area contributed by atoms with Gasteiger partial charge in [-0.3, -0.25) is 9.59 Å². The normalized spacial score (nSPS) is 25.3. The Bertz CT molecular complexity index is 596. The van der Waals surface area contributed by atoms with E-state index in [0.717, 1.165) is 38.0 Å². The summed E-state index contributed by atoms with van der Waals surface area (Å²) in [5, 5.41) is 3.24. The Morgan fingerprint density at radius 3 is 2.48 bits per heavy atom. The number of piperidine rings is 2. The maximum absolute atomic E-state index is 13.2. The summed E-state index contributed by atoms with van der Waals surface area (Å²) in [6.07, 6.45) is 3.23. The van der Waals surface area contributed by atoms with E-state index in [9.17, 15) is 9.59 Å². The Hall–Kier alpha value is -1.88. The highest BCUT2D eigenvalue weighted by molar-refractivity contribution is 5.85. The maximum Gasteiger partial charge on any atom is 0.228 e. The van der Waals surface area contributed by atoms with Crippen molar-refractivity contribution in [1.82, 2.24) is 15.1 Å². The number of hydrogen-bond donors (Lipinski definition) is 1.